The summed E-state index contributed by atoms with van der Waals surface area (Å²) in [6.45, 7) is 1.60. The molecule has 0 N–H and O–H groups in total. The minimum Gasteiger partial charge on any atom is -0.481 e. The van der Waals surface area contributed by atoms with Crippen molar-refractivity contribution in [3.63, 3.8) is 0 Å². The second kappa shape index (κ2) is 7.98. The van der Waals surface area contributed by atoms with Gasteiger partial charge in [-0.1, -0.05) is 0 Å². The van der Waals surface area contributed by atoms with Crippen molar-refractivity contribution in [1.29, 1.82) is 0 Å². The average Bonchev–Trinajstić information content (AvgIpc) is 2.72. The monoisotopic (exact) mass is 361 g/mol. The standard InChI is InChI=1S/C16H23N7O3/c1-22(12-8-13(24-2)18-10-17-12)11-6-5-7-23(9-11)14-19-15(25-3)21-16(20-14)26-4/h8,10-11H,5-7,9H2,1-4H3. The molecule has 140 valence electrons. The second-order valence-electron chi connectivity index (χ2n) is 5.88. The number of ether oxygens (including phenoxy) is 3. The number of piperidine rings is 1. The Balaban J connectivity index is 1.78. The maximum absolute atomic E-state index is 5.19. The van der Waals surface area contributed by atoms with Crippen LogP contribution >= 0.6 is 0 Å². The van der Waals surface area contributed by atoms with Crippen molar-refractivity contribution in [3.05, 3.63) is 12.4 Å². The lowest BCUT2D eigenvalue weighted by Crippen LogP contribution is -2.47. The zero-order valence-corrected chi connectivity index (χ0v) is 15.4. The number of likely N-dealkylation sites (N-methyl/N-ethyl adjacent to an activating group) is 1. The number of hydrogen-bond donors (Lipinski definition) is 0. The summed E-state index contributed by atoms with van der Waals surface area (Å²) in [5, 5.41) is 0. The van der Waals surface area contributed by atoms with E-state index in [1.165, 1.54) is 20.5 Å². The Hall–Kier alpha value is -2.91. The topological polar surface area (TPSA) is 98.6 Å². The van der Waals surface area contributed by atoms with E-state index in [1.54, 1.807) is 7.11 Å². The normalized spacial score (nSPS) is 16.9. The molecule has 1 atom stereocenters. The quantitative estimate of drug-likeness (QED) is 0.734. The molecule has 2 aromatic rings. The minimum atomic E-state index is 0.239. The maximum Gasteiger partial charge on any atom is 0.324 e. The van der Waals surface area contributed by atoms with Crippen LogP contribution in [0, 0.1) is 0 Å². The number of rotatable bonds is 6. The molecule has 3 rings (SSSR count). The molecule has 10 heteroatoms. The summed E-state index contributed by atoms with van der Waals surface area (Å²) in [6.07, 6.45) is 3.55. The fourth-order valence-corrected chi connectivity index (χ4v) is 2.93. The van der Waals surface area contributed by atoms with Gasteiger partial charge in [0, 0.05) is 32.2 Å². The molecule has 0 radical (unpaired) electrons. The van der Waals surface area contributed by atoms with Gasteiger partial charge >= 0.3 is 12.0 Å². The lowest BCUT2D eigenvalue weighted by atomic mass is 10.0. The first-order valence-electron chi connectivity index (χ1n) is 8.32. The third-order valence-electron chi connectivity index (χ3n) is 4.37. The van der Waals surface area contributed by atoms with E-state index in [0.717, 1.165) is 31.7 Å². The van der Waals surface area contributed by atoms with Crippen molar-refractivity contribution in [1.82, 2.24) is 24.9 Å². The van der Waals surface area contributed by atoms with Crippen molar-refractivity contribution in [2.24, 2.45) is 0 Å². The van der Waals surface area contributed by atoms with Gasteiger partial charge in [0.15, 0.2) is 0 Å². The highest BCUT2D eigenvalue weighted by atomic mass is 16.5. The zero-order chi connectivity index (χ0) is 18.5. The first-order chi connectivity index (χ1) is 12.6. The predicted molar refractivity (Wildman–Crippen MR) is 95.2 cm³/mol. The van der Waals surface area contributed by atoms with E-state index in [-0.39, 0.29) is 18.1 Å². The van der Waals surface area contributed by atoms with Crippen LogP contribution in [0.1, 0.15) is 12.8 Å². The lowest BCUT2D eigenvalue weighted by molar-refractivity contribution is 0.338. The molecule has 0 aromatic carbocycles. The molecule has 0 saturated carbocycles. The summed E-state index contributed by atoms with van der Waals surface area (Å²) in [6, 6.07) is 2.55. The molecule has 10 nitrogen and oxygen atoms in total. The van der Waals surface area contributed by atoms with E-state index in [2.05, 4.69) is 34.7 Å². The molecule has 1 aliphatic heterocycles. The fourth-order valence-electron chi connectivity index (χ4n) is 2.93. The highest BCUT2D eigenvalue weighted by molar-refractivity contribution is 5.43. The number of nitrogens with zero attached hydrogens (tertiary/aromatic N) is 7. The van der Waals surface area contributed by atoms with Crippen molar-refractivity contribution in [2.45, 2.75) is 18.9 Å². The molecule has 2 aromatic heterocycles. The van der Waals surface area contributed by atoms with Crippen LogP contribution in [0.2, 0.25) is 0 Å². The Labute approximate surface area is 152 Å². The number of methoxy groups -OCH3 is 3. The van der Waals surface area contributed by atoms with Crippen LogP contribution in [-0.4, -0.2) is 72.4 Å². The maximum atomic E-state index is 5.19. The molecule has 0 amide bonds. The van der Waals surface area contributed by atoms with Crippen molar-refractivity contribution in [2.75, 3.05) is 51.3 Å². The average molecular weight is 361 g/mol. The molecule has 3 heterocycles. The minimum absolute atomic E-state index is 0.239. The first-order valence-corrected chi connectivity index (χ1v) is 8.32. The van der Waals surface area contributed by atoms with Crippen LogP contribution in [0.15, 0.2) is 12.4 Å². The van der Waals surface area contributed by atoms with Gasteiger partial charge in [-0.25, -0.2) is 9.97 Å². The number of anilines is 2. The first kappa shape index (κ1) is 17.9. The largest absolute Gasteiger partial charge is 0.481 e. The van der Waals surface area contributed by atoms with Gasteiger partial charge in [0.05, 0.1) is 21.3 Å². The lowest BCUT2D eigenvalue weighted by Gasteiger charge is -2.38. The van der Waals surface area contributed by atoms with E-state index >= 15 is 0 Å². The Morgan fingerprint density at radius 3 is 2.42 bits per heavy atom. The van der Waals surface area contributed by atoms with Crippen molar-refractivity contribution >= 4 is 11.8 Å². The van der Waals surface area contributed by atoms with Gasteiger partial charge < -0.3 is 24.0 Å². The molecular weight excluding hydrogens is 338 g/mol. The van der Waals surface area contributed by atoms with Gasteiger partial charge in [-0.05, 0) is 12.8 Å². The van der Waals surface area contributed by atoms with Gasteiger partial charge in [0.2, 0.25) is 11.8 Å². The van der Waals surface area contributed by atoms with Crippen molar-refractivity contribution < 1.29 is 14.2 Å². The highest BCUT2D eigenvalue weighted by Crippen LogP contribution is 2.25. The molecule has 0 spiro atoms. The molecule has 1 saturated heterocycles. The van der Waals surface area contributed by atoms with Crippen LogP contribution in [0.4, 0.5) is 11.8 Å². The van der Waals surface area contributed by atoms with Crippen LogP contribution in [0.25, 0.3) is 0 Å². The van der Waals surface area contributed by atoms with Gasteiger partial charge in [0.25, 0.3) is 0 Å². The summed E-state index contributed by atoms with van der Waals surface area (Å²) in [5.74, 6) is 1.91. The number of aromatic nitrogens is 5. The Kier molecular flexibility index (Phi) is 5.49. The van der Waals surface area contributed by atoms with Gasteiger partial charge in [-0.2, -0.15) is 9.97 Å². The molecular formula is C16H23N7O3. The summed E-state index contributed by atoms with van der Waals surface area (Å²) in [4.78, 5) is 25.4. The number of hydrogen-bond acceptors (Lipinski definition) is 10. The van der Waals surface area contributed by atoms with E-state index < -0.39 is 0 Å². The predicted octanol–water partition coefficient (Wildman–Crippen LogP) is 0.793. The summed E-state index contributed by atoms with van der Waals surface area (Å²) in [5.41, 5.74) is 0. The second-order valence-corrected chi connectivity index (χ2v) is 5.88. The smallest absolute Gasteiger partial charge is 0.324 e. The fraction of sp³-hybridized carbons (Fsp3) is 0.562. The third kappa shape index (κ3) is 3.84. The van der Waals surface area contributed by atoms with Gasteiger partial charge in [-0.3, -0.25) is 0 Å². The van der Waals surface area contributed by atoms with E-state index in [1.807, 2.05) is 13.1 Å². The van der Waals surface area contributed by atoms with E-state index in [4.69, 9.17) is 14.2 Å². The molecule has 0 aliphatic carbocycles. The van der Waals surface area contributed by atoms with E-state index in [0.29, 0.717) is 11.8 Å². The summed E-state index contributed by atoms with van der Waals surface area (Å²) in [7, 11) is 6.65. The SMILES string of the molecule is COc1cc(N(C)C2CCCN(c3nc(OC)nc(OC)n3)C2)ncn1. The van der Waals surface area contributed by atoms with Crippen LogP contribution in [-0.2, 0) is 0 Å². The van der Waals surface area contributed by atoms with Crippen LogP contribution in [0.5, 0.6) is 17.9 Å². The van der Waals surface area contributed by atoms with Crippen LogP contribution in [0.3, 0.4) is 0 Å². The Bertz CT molecular complexity index is 723. The highest BCUT2D eigenvalue weighted by Gasteiger charge is 2.27. The summed E-state index contributed by atoms with van der Waals surface area (Å²) < 4.78 is 15.5. The molecule has 26 heavy (non-hydrogen) atoms. The molecule has 0 bridgehead atoms. The molecule has 1 aliphatic rings. The molecule has 1 unspecified atom stereocenters. The Morgan fingerprint density at radius 2 is 1.77 bits per heavy atom. The third-order valence-corrected chi connectivity index (χ3v) is 4.37. The Morgan fingerprint density at radius 1 is 1.04 bits per heavy atom. The van der Waals surface area contributed by atoms with Gasteiger partial charge in [-0.15, -0.1) is 4.98 Å². The van der Waals surface area contributed by atoms with Crippen LogP contribution < -0.4 is 24.0 Å². The van der Waals surface area contributed by atoms with E-state index in [9.17, 15) is 0 Å². The zero-order valence-electron chi connectivity index (χ0n) is 15.4. The molecule has 1 fully saturated rings. The van der Waals surface area contributed by atoms with Crippen molar-refractivity contribution in [3.8, 4) is 17.9 Å². The van der Waals surface area contributed by atoms with Gasteiger partial charge in [0.1, 0.15) is 12.1 Å². The summed E-state index contributed by atoms with van der Waals surface area (Å²) >= 11 is 0.